The van der Waals surface area contributed by atoms with E-state index in [9.17, 15) is 4.79 Å². The fraction of sp³-hybridized carbons (Fsp3) is 0.533. The molecule has 0 bridgehead atoms. The molecular formula is C15H23NO2. The number of nitrogens with two attached hydrogens (primary N) is 1. The van der Waals surface area contributed by atoms with Crippen LogP contribution in [-0.4, -0.2) is 18.6 Å². The average molecular weight is 249 g/mol. The Kier molecular flexibility index (Phi) is 6.44. The van der Waals surface area contributed by atoms with Crippen molar-refractivity contribution >= 4 is 5.97 Å². The largest absolute Gasteiger partial charge is 0.465 e. The molecule has 0 aromatic heterocycles. The van der Waals surface area contributed by atoms with Crippen LogP contribution in [0.25, 0.3) is 0 Å². The predicted molar refractivity (Wildman–Crippen MR) is 73.3 cm³/mol. The number of carbonyl (C=O) groups excluding carboxylic acids is 1. The number of benzene rings is 1. The molecule has 1 unspecified atom stereocenters. The smallest absolute Gasteiger partial charge is 0.322 e. The Morgan fingerprint density at radius 2 is 2.00 bits per heavy atom. The first-order chi connectivity index (χ1) is 8.63. The van der Waals surface area contributed by atoms with Crippen LogP contribution in [0.4, 0.5) is 0 Å². The van der Waals surface area contributed by atoms with Crippen molar-refractivity contribution in [2.75, 3.05) is 6.61 Å². The quantitative estimate of drug-likeness (QED) is 0.756. The minimum absolute atomic E-state index is 0.277. The van der Waals surface area contributed by atoms with Crippen LogP contribution in [0.3, 0.4) is 0 Å². The third-order valence-corrected chi connectivity index (χ3v) is 2.85. The Balaban J connectivity index is 2.24. The van der Waals surface area contributed by atoms with E-state index in [0.717, 1.165) is 19.3 Å². The maximum absolute atomic E-state index is 11.4. The molecule has 100 valence electrons. The van der Waals surface area contributed by atoms with Gasteiger partial charge in [-0.15, -0.1) is 0 Å². The zero-order valence-corrected chi connectivity index (χ0v) is 11.3. The van der Waals surface area contributed by atoms with Gasteiger partial charge in [0, 0.05) is 0 Å². The average Bonchev–Trinajstić information content (AvgIpc) is 2.38. The summed E-state index contributed by atoms with van der Waals surface area (Å²) in [7, 11) is 0. The van der Waals surface area contributed by atoms with E-state index in [4.69, 9.17) is 10.5 Å². The van der Waals surface area contributed by atoms with E-state index in [2.05, 4.69) is 31.2 Å². The number of carbonyl (C=O) groups is 1. The second-order valence-electron chi connectivity index (χ2n) is 4.65. The van der Waals surface area contributed by atoms with Crippen molar-refractivity contribution in [1.82, 2.24) is 0 Å². The number of aryl methyl sites for hydroxylation is 2. The summed E-state index contributed by atoms with van der Waals surface area (Å²) < 4.78 is 5.01. The molecule has 0 amide bonds. The SMILES string of the molecule is CCCOC(=O)C(N)CCCc1ccc(C)cc1. The molecule has 1 atom stereocenters. The van der Waals surface area contributed by atoms with Crippen LogP contribution in [-0.2, 0) is 16.0 Å². The van der Waals surface area contributed by atoms with Gasteiger partial charge in [0.1, 0.15) is 6.04 Å². The Labute approximate surface area is 109 Å². The molecule has 1 rings (SSSR count). The summed E-state index contributed by atoms with van der Waals surface area (Å²) >= 11 is 0. The second-order valence-corrected chi connectivity index (χ2v) is 4.65. The molecule has 0 aliphatic heterocycles. The van der Waals surface area contributed by atoms with Crippen LogP contribution in [0, 0.1) is 6.92 Å². The monoisotopic (exact) mass is 249 g/mol. The Hall–Kier alpha value is -1.35. The molecule has 0 saturated heterocycles. The normalized spacial score (nSPS) is 12.2. The van der Waals surface area contributed by atoms with Gasteiger partial charge in [0.05, 0.1) is 6.61 Å². The Bertz CT molecular complexity index is 359. The van der Waals surface area contributed by atoms with Gasteiger partial charge in [-0.25, -0.2) is 0 Å². The van der Waals surface area contributed by atoms with Gasteiger partial charge in [0.15, 0.2) is 0 Å². The van der Waals surface area contributed by atoms with Gasteiger partial charge >= 0.3 is 5.97 Å². The fourth-order valence-corrected chi connectivity index (χ4v) is 1.71. The summed E-state index contributed by atoms with van der Waals surface area (Å²) in [4.78, 5) is 11.4. The van der Waals surface area contributed by atoms with Crippen molar-refractivity contribution in [2.24, 2.45) is 5.73 Å². The van der Waals surface area contributed by atoms with Gasteiger partial charge in [-0.05, 0) is 38.2 Å². The van der Waals surface area contributed by atoms with Crippen LogP contribution in [0.5, 0.6) is 0 Å². The lowest BCUT2D eigenvalue weighted by atomic mass is 10.0. The Morgan fingerprint density at radius 3 is 2.61 bits per heavy atom. The lowest BCUT2D eigenvalue weighted by molar-refractivity contribution is -0.145. The van der Waals surface area contributed by atoms with Crippen LogP contribution in [0.2, 0.25) is 0 Å². The topological polar surface area (TPSA) is 52.3 Å². The van der Waals surface area contributed by atoms with Gasteiger partial charge in [-0.2, -0.15) is 0 Å². The highest BCUT2D eigenvalue weighted by molar-refractivity contribution is 5.75. The standard InChI is InChI=1S/C15H23NO2/c1-3-11-18-15(17)14(16)6-4-5-13-9-7-12(2)8-10-13/h7-10,14H,3-6,11,16H2,1-2H3. The molecule has 3 heteroatoms. The highest BCUT2D eigenvalue weighted by Crippen LogP contribution is 2.08. The summed E-state index contributed by atoms with van der Waals surface area (Å²) in [6, 6.07) is 7.96. The fourth-order valence-electron chi connectivity index (χ4n) is 1.71. The second kappa shape index (κ2) is 7.88. The van der Waals surface area contributed by atoms with Gasteiger partial charge in [0.25, 0.3) is 0 Å². The molecule has 0 saturated carbocycles. The lowest BCUT2D eigenvalue weighted by Crippen LogP contribution is -2.32. The van der Waals surface area contributed by atoms with Crippen molar-refractivity contribution in [3.05, 3.63) is 35.4 Å². The number of ether oxygens (including phenoxy) is 1. The summed E-state index contributed by atoms with van der Waals surface area (Å²) in [5, 5.41) is 0. The number of esters is 1. The van der Waals surface area contributed by atoms with Gasteiger partial charge in [0.2, 0.25) is 0 Å². The molecule has 1 aromatic rings. The maximum Gasteiger partial charge on any atom is 0.322 e. The summed E-state index contributed by atoms with van der Waals surface area (Å²) in [5.74, 6) is -0.277. The highest BCUT2D eigenvalue weighted by atomic mass is 16.5. The molecule has 0 fully saturated rings. The van der Waals surface area contributed by atoms with E-state index in [1.807, 2.05) is 6.92 Å². The van der Waals surface area contributed by atoms with E-state index in [-0.39, 0.29) is 5.97 Å². The van der Waals surface area contributed by atoms with E-state index >= 15 is 0 Å². The molecule has 0 heterocycles. The molecule has 0 radical (unpaired) electrons. The molecule has 0 spiro atoms. The predicted octanol–water partition coefficient (Wildman–Crippen LogP) is 2.60. The van der Waals surface area contributed by atoms with E-state index < -0.39 is 6.04 Å². The molecule has 18 heavy (non-hydrogen) atoms. The van der Waals surface area contributed by atoms with Crippen LogP contribution in [0.1, 0.15) is 37.3 Å². The van der Waals surface area contributed by atoms with E-state index in [1.165, 1.54) is 11.1 Å². The summed E-state index contributed by atoms with van der Waals surface area (Å²) in [6.07, 6.45) is 3.37. The lowest BCUT2D eigenvalue weighted by Gasteiger charge is -2.10. The molecule has 3 nitrogen and oxygen atoms in total. The van der Waals surface area contributed by atoms with Crippen LogP contribution in [0.15, 0.2) is 24.3 Å². The maximum atomic E-state index is 11.4. The molecular weight excluding hydrogens is 226 g/mol. The van der Waals surface area contributed by atoms with Crippen molar-refractivity contribution in [1.29, 1.82) is 0 Å². The zero-order valence-electron chi connectivity index (χ0n) is 11.3. The summed E-state index contributed by atoms with van der Waals surface area (Å²) in [6.45, 7) is 4.50. The first kappa shape index (κ1) is 14.7. The minimum Gasteiger partial charge on any atom is -0.465 e. The minimum atomic E-state index is -0.484. The van der Waals surface area contributed by atoms with E-state index in [1.54, 1.807) is 0 Å². The molecule has 0 aliphatic carbocycles. The number of hydrogen-bond donors (Lipinski definition) is 1. The van der Waals surface area contributed by atoms with Crippen molar-refractivity contribution < 1.29 is 9.53 Å². The van der Waals surface area contributed by atoms with Crippen molar-refractivity contribution in [3.63, 3.8) is 0 Å². The summed E-state index contributed by atoms with van der Waals surface area (Å²) in [5.41, 5.74) is 8.32. The van der Waals surface area contributed by atoms with Gasteiger partial charge < -0.3 is 10.5 Å². The Morgan fingerprint density at radius 1 is 1.33 bits per heavy atom. The van der Waals surface area contributed by atoms with Crippen LogP contribution >= 0.6 is 0 Å². The van der Waals surface area contributed by atoms with E-state index in [0.29, 0.717) is 13.0 Å². The number of rotatable bonds is 7. The van der Waals surface area contributed by atoms with Crippen molar-refractivity contribution in [2.45, 2.75) is 45.6 Å². The highest BCUT2D eigenvalue weighted by Gasteiger charge is 2.13. The zero-order chi connectivity index (χ0) is 13.4. The molecule has 1 aromatic carbocycles. The van der Waals surface area contributed by atoms with Gasteiger partial charge in [-0.3, -0.25) is 4.79 Å². The molecule has 2 N–H and O–H groups in total. The third kappa shape index (κ3) is 5.32. The third-order valence-electron chi connectivity index (χ3n) is 2.85. The van der Waals surface area contributed by atoms with Crippen LogP contribution < -0.4 is 5.73 Å². The van der Waals surface area contributed by atoms with Gasteiger partial charge in [-0.1, -0.05) is 36.8 Å². The number of hydrogen-bond acceptors (Lipinski definition) is 3. The van der Waals surface area contributed by atoms with Crippen molar-refractivity contribution in [3.8, 4) is 0 Å². The first-order valence-corrected chi connectivity index (χ1v) is 6.61. The first-order valence-electron chi connectivity index (χ1n) is 6.61. The molecule has 0 aliphatic rings.